The van der Waals surface area contributed by atoms with E-state index in [9.17, 15) is 0 Å². The van der Waals surface area contributed by atoms with E-state index in [4.69, 9.17) is 0 Å². The van der Waals surface area contributed by atoms with E-state index >= 15 is 0 Å². The van der Waals surface area contributed by atoms with Crippen LogP contribution >= 0.6 is 0 Å². The van der Waals surface area contributed by atoms with Crippen LogP contribution in [0, 0.1) is 5.92 Å². The van der Waals surface area contributed by atoms with Crippen LogP contribution in [0.15, 0.2) is 24.5 Å². The first kappa shape index (κ1) is 9.63. The van der Waals surface area contributed by atoms with Gasteiger partial charge in [-0.25, -0.2) is 9.50 Å². The average Bonchev–Trinajstić information content (AvgIpc) is 2.95. The van der Waals surface area contributed by atoms with Gasteiger partial charge in [0, 0.05) is 18.3 Å². The lowest BCUT2D eigenvalue weighted by molar-refractivity contribution is 0.640. The first-order valence-electron chi connectivity index (χ1n) is 5.88. The smallest absolute Gasteiger partial charge is 0.157 e. The SMILES string of the molecule is CC(CC1CC1)Nc1ccn2nccc2n1. The van der Waals surface area contributed by atoms with Crippen molar-refractivity contribution < 1.29 is 0 Å². The van der Waals surface area contributed by atoms with Gasteiger partial charge in [-0.05, 0) is 25.3 Å². The molecular formula is C12H16N4. The van der Waals surface area contributed by atoms with Gasteiger partial charge in [-0.2, -0.15) is 5.10 Å². The Morgan fingerprint density at radius 1 is 1.50 bits per heavy atom. The Kier molecular flexibility index (Phi) is 2.27. The Hall–Kier alpha value is -1.58. The number of fused-ring (bicyclic) bond motifs is 1. The topological polar surface area (TPSA) is 42.2 Å². The molecule has 1 fully saturated rings. The molecule has 0 aliphatic heterocycles. The zero-order chi connectivity index (χ0) is 11.0. The van der Waals surface area contributed by atoms with Crippen molar-refractivity contribution in [3.63, 3.8) is 0 Å². The lowest BCUT2D eigenvalue weighted by Crippen LogP contribution is -2.16. The summed E-state index contributed by atoms with van der Waals surface area (Å²) in [7, 11) is 0. The third-order valence-electron chi connectivity index (χ3n) is 3.04. The van der Waals surface area contributed by atoms with Crippen molar-refractivity contribution >= 4 is 11.5 Å². The molecule has 16 heavy (non-hydrogen) atoms. The highest BCUT2D eigenvalue weighted by molar-refractivity contribution is 5.45. The molecule has 1 N–H and O–H groups in total. The van der Waals surface area contributed by atoms with Gasteiger partial charge in [-0.15, -0.1) is 0 Å². The van der Waals surface area contributed by atoms with Gasteiger partial charge in [-0.3, -0.25) is 0 Å². The quantitative estimate of drug-likeness (QED) is 0.853. The minimum Gasteiger partial charge on any atom is -0.367 e. The summed E-state index contributed by atoms with van der Waals surface area (Å²) in [4.78, 5) is 4.49. The Balaban J connectivity index is 1.72. The first-order valence-corrected chi connectivity index (χ1v) is 5.88. The van der Waals surface area contributed by atoms with Crippen molar-refractivity contribution in [1.29, 1.82) is 0 Å². The molecule has 0 spiro atoms. The molecule has 1 unspecified atom stereocenters. The predicted molar refractivity (Wildman–Crippen MR) is 63.4 cm³/mol. The van der Waals surface area contributed by atoms with Gasteiger partial charge < -0.3 is 5.32 Å². The van der Waals surface area contributed by atoms with Gasteiger partial charge in [0.2, 0.25) is 0 Å². The number of rotatable bonds is 4. The summed E-state index contributed by atoms with van der Waals surface area (Å²) in [5.41, 5.74) is 0.892. The maximum absolute atomic E-state index is 4.49. The highest BCUT2D eigenvalue weighted by Crippen LogP contribution is 2.33. The van der Waals surface area contributed by atoms with Crippen LogP contribution in [0.5, 0.6) is 0 Å². The lowest BCUT2D eigenvalue weighted by atomic mass is 10.1. The molecule has 3 rings (SSSR count). The highest BCUT2D eigenvalue weighted by Gasteiger charge is 2.23. The van der Waals surface area contributed by atoms with Crippen LogP contribution in [0.4, 0.5) is 5.82 Å². The number of hydrogen-bond acceptors (Lipinski definition) is 3. The van der Waals surface area contributed by atoms with Crippen LogP contribution in [0.1, 0.15) is 26.2 Å². The van der Waals surface area contributed by atoms with E-state index in [1.54, 1.807) is 10.7 Å². The van der Waals surface area contributed by atoms with Gasteiger partial charge in [0.05, 0.1) is 6.20 Å². The van der Waals surface area contributed by atoms with Crippen LogP contribution in [0.25, 0.3) is 5.65 Å². The van der Waals surface area contributed by atoms with Crippen molar-refractivity contribution in [2.45, 2.75) is 32.2 Å². The molecule has 1 atom stereocenters. The maximum atomic E-state index is 4.49. The first-order chi connectivity index (χ1) is 7.81. The Bertz CT molecular complexity index is 486. The number of nitrogens with zero attached hydrogens (tertiary/aromatic N) is 3. The second-order valence-electron chi connectivity index (χ2n) is 4.67. The fourth-order valence-corrected chi connectivity index (χ4v) is 2.06. The third kappa shape index (κ3) is 2.01. The fourth-order valence-electron chi connectivity index (χ4n) is 2.06. The minimum atomic E-state index is 0.505. The third-order valence-corrected chi connectivity index (χ3v) is 3.04. The largest absolute Gasteiger partial charge is 0.367 e. The monoisotopic (exact) mass is 216 g/mol. The molecule has 0 radical (unpaired) electrons. The molecule has 4 nitrogen and oxygen atoms in total. The zero-order valence-electron chi connectivity index (χ0n) is 9.43. The second-order valence-corrected chi connectivity index (χ2v) is 4.67. The van der Waals surface area contributed by atoms with Crippen LogP contribution < -0.4 is 5.32 Å². The number of anilines is 1. The molecule has 1 aliphatic carbocycles. The molecule has 0 bridgehead atoms. The highest BCUT2D eigenvalue weighted by atomic mass is 15.2. The van der Waals surface area contributed by atoms with Gasteiger partial charge in [-0.1, -0.05) is 12.8 Å². The standard InChI is InChI=1S/C12H16N4/c1-9(8-10-2-3-10)14-11-5-7-16-12(15-11)4-6-13-16/h4-7,9-10H,2-3,8H2,1H3,(H,14,15). The average molecular weight is 216 g/mol. The number of hydrogen-bond donors (Lipinski definition) is 1. The molecule has 0 aromatic carbocycles. The molecule has 4 heteroatoms. The fraction of sp³-hybridized carbons (Fsp3) is 0.500. The van der Waals surface area contributed by atoms with Gasteiger partial charge in [0.25, 0.3) is 0 Å². The number of nitrogens with one attached hydrogen (secondary N) is 1. The Morgan fingerprint density at radius 3 is 3.19 bits per heavy atom. The van der Waals surface area contributed by atoms with Gasteiger partial charge in [0.1, 0.15) is 5.82 Å². The van der Waals surface area contributed by atoms with Crippen LogP contribution in [0.3, 0.4) is 0 Å². The molecule has 84 valence electrons. The zero-order valence-corrected chi connectivity index (χ0v) is 9.43. The summed E-state index contributed by atoms with van der Waals surface area (Å²) in [6.45, 7) is 2.22. The Labute approximate surface area is 94.7 Å². The van der Waals surface area contributed by atoms with Crippen LogP contribution in [0.2, 0.25) is 0 Å². The van der Waals surface area contributed by atoms with Crippen molar-refractivity contribution in [2.24, 2.45) is 5.92 Å². The van der Waals surface area contributed by atoms with E-state index in [0.717, 1.165) is 17.4 Å². The van der Waals surface area contributed by atoms with E-state index in [1.807, 2.05) is 18.3 Å². The van der Waals surface area contributed by atoms with Crippen molar-refractivity contribution in [1.82, 2.24) is 14.6 Å². The van der Waals surface area contributed by atoms with E-state index in [0.29, 0.717) is 6.04 Å². The van der Waals surface area contributed by atoms with E-state index < -0.39 is 0 Å². The van der Waals surface area contributed by atoms with E-state index in [-0.39, 0.29) is 0 Å². The molecule has 2 aromatic heterocycles. The molecule has 1 aliphatic rings. The van der Waals surface area contributed by atoms with Crippen molar-refractivity contribution in [2.75, 3.05) is 5.32 Å². The number of aromatic nitrogens is 3. The molecule has 2 aromatic rings. The summed E-state index contributed by atoms with van der Waals surface area (Å²) in [6, 6.07) is 4.39. The summed E-state index contributed by atoms with van der Waals surface area (Å²) >= 11 is 0. The second kappa shape index (κ2) is 3.77. The van der Waals surface area contributed by atoms with E-state index in [1.165, 1.54) is 19.3 Å². The summed E-state index contributed by atoms with van der Waals surface area (Å²) < 4.78 is 1.77. The maximum Gasteiger partial charge on any atom is 0.157 e. The molecule has 0 amide bonds. The molecule has 2 heterocycles. The molecule has 0 saturated heterocycles. The van der Waals surface area contributed by atoms with E-state index in [2.05, 4.69) is 22.3 Å². The Morgan fingerprint density at radius 2 is 2.38 bits per heavy atom. The van der Waals surface area contributed by atoms with Crippen molar-refractivity contribution in [3.05, 3.63) is 24.5 Å². The van der Waals surface area contributed by atoms with Gasteiger partial charge in [0.15, 0.2) is 5.65 Å². The lowest BCUT2D eigenvalue weighted by Gasteiger charge is -2.13. The van der Waals surface area contributed by atoms with Gasteiger partial charge >= 0.3 is 0 Å². The molecular weight excluding hydrogens is 200 g/mol. The normalized spacial score (nSPS) is 17.6. The van der Waals surface area contributed by atoms with Crippen LogP contribution in [-0.2, 0) is 0 Å². The van der Waals surface area contributed by atoms with Crippen LogP contribution in [-0.4, -0.2) is 20.6 Å². The minimum absolute atomic E-state index is 0.505. The summed E-state index contributed by atoms with van der Waals surface area (Å²) in [6.07, 6.45) is 7.77. The van der Waals surface area contributed by atoms with Crippen molar-refractivity contribution in [3.8, 4) is 0 Å². The molecule has 1 saturated carbocycles. The summed E-state index contributed by atoms with van der Waals surface area (Å²) in [5, 5.41) is 7.57. The summed E-state index contributed by atoms with van der Waals surface area (Å²) in [5.74, 6) is 1.89. The predicted octanol–water partition coefficient (Wildman–Crippen LogP) is 2.33.